The van der Waals surface area contributed by atoms with E-state index in [0.717, 1.165) is 0 Å². The van der Waals surface area contributed by atoms with Gasteiger partial charge >= 0.3 is 5.97 Å². The van der Waals surface area contributed by atoms with Gasteiger partial charge in [0.2, 0.25) is 17.7 Å². The zero-order valence-electron chi connectivity index (χ0n) is 12.6. The van der Waals surface area contributed by atoms with Gasteiger partial charge in [-0.25, -0.2) is 4.79 Å². The molecule has 3 unspecified atom stereocenters. The van der Waals surface area contributed by atoms with Gasteiger partial charge < -0.3 is 26.8 Å². The molecule has 3 amide bonds. The number of thiol groups is 1. The summed E-state index contributed by atoms with van der Waals surface area (Å²) in [6.07, 6.45) is 0.795. The molecule has 1 saturated heterocycles. The number of hydrogen-bond donors (Lipinski definition) is 5. The number of carbonyl (C=O) groups is 4. The third-order valence-electron chi connectivity index (χ3n) is 3.65. The van der Waals surface area contributed by atoms with Crippen LogP contribution in [-0.4, -0.2) is 64.1 Å². The largest absolute Gasteiger partial charge is 0.480 e. The van der Waals surface area contributed by atoms with Crippen molar-refractivity contribution < 1.29 is 24.3 Å². The Morgan fingerprint density at radius 3 is 2.52 bits per heavy atom. The molecule has 1 aliphatic heterocycles. The van der Waals surface area contributed by atoms with Crippen LogP contribution in [0.4, 0.5) is 0 Å². The number of carbonyl (C=O) groups excluding carboxylic acids is 3. The Balaban J connectivity index is 2.71. The van der Waals surface area contributed by atoms with Crippen molar-refractivity contribution in [1.82, 2.24) is 10.2 Å². The van der Waals surface area contributed by atoms with E-state index in [2.05, 4.69) is 17.9 Å². The molecular weight excluding hydrogens is 324 g/mol. The third-order valence-corrected chi connectivity index (χ3v) is 4.04. The third kappa shape index (κ3) is 5.39. The van der Waals surface area contributed by atoms with Crippen molar-refractivity contribution in [2.75, 3.05) is 12.3 Å². The van der Waals surface area contributed by atoms with Gasteiger partial charge in [0.05, 0.1) is 6.04 Å². The van der Waals surface area contributed by atoms with E-state index >= 15 is 0 Å². The lowest BCUT2D eigenvalue weighted by atomic mass is 10.1. The van der Waals surface area contributed by atoms with Crippen LogP contribution < -0.4 is 16.8 Å². The zero-order chi connectivity index (χ0) is 17.6. The minimum absolute atomic E-state index is 0.104. The van der Waals surface area contributed by atoms with Gasteiger partial charge in [0, 0.05) is 18.7 Å². The normalized spacial score (nSPS) is 19.9. The second-order valence-corrected chi connectivity index (χ2v) is 5.75. The number of likely N-dealkylation sites (tertiary alicyclic amines) is 1. The molecular formula is C13H22N4O5S. The van der Waals surface area contributed by atoms with Gasteiger partial charge in [0.25, 0.3) is 0 Å². The Hall–Kier alpha value is -1.81. The maximum absolute atomic E-state index is 12.3. The van der Waals surface area contributed by atoms with E-state index in [1.165, 1.54) is 4.90 Å². The monoisotopic (exact) mass is 346 g/mol. The van der Waals surface area contributed by atoms with Crippen LogP contribution in [0.25, 0.3) is 0 Å². The maximum Gasteiger partial charge on any atom is 0.326 e. The first-order chi connectivity index (χ1) is 10.8. The average molecular weight is 346 g/mol. The molecule has 1 rings (SSSR count). The summed E-state index contributed by atoms with van der Waals surface area (Å²) in [5.74, 6) is -2.72. The van der Waals surface area contributed by atoms with Gasteiger partial charge in [-0.1, -0.05) is 0 Å². The first-order valence-electron chi connectivity index (χ1n) is 7.26. The summed E-state index contributed by atoms with van der Waals surface area (Å²) in [6, 6.07) is -2.80. The fourth-order valence-corrected chi connectivity index (χ4v) is 2.56. The number of nitrogens with zero attached hydrogens (tertiary/aromatic N) is 1. The molecule has 9 nitrogen and oxygen atoms in total. The Morgan fingerprint density at radius 1 is 1.35 bits per heavy atom. The summed E-state index contributed by atoms with van der Waals surface area (Å²) < 4.78 is 0. The summed E-state index contributed by atoms with van der Waals surface area (Å²) in [4.78, 5) is 47.7. The highest BCUT2D eigenvalue weighted by Gasteiger charge is 2.37. The number of hydrogen-bond acceptors (Lipinski definition) is 6. The van der Waals surface area contributed by atoms with Crippen LogP contribution in [0.2, 0.25) is 0 Å². The van der Waals surface area contributed by atoms with E-state index in [1.807, 2.05) is 0 Å². The molecule has 0 radical (unpaired) electrons. The van der Waals surface area contributed by atoms with E-state index in [-0.39, 0.29) is 24.5 Å². The maximum atomic E-state index is 12.3. The minimum Gasteiger partial charge on any atom is -0.480 e. The Labute approximate surface area is 139 Å². The predicted octanol–water partition coefficient (Wildman–Crippen LogP) is -1.93. The fraction of sp³-hybridized carbons (Fsp3) is 0.692. The Morgan fingerprint density at radius 2 is 2.00 bits per heavy atom. The lowest BCUT2D eigenvalue weighted by Gasteiger charge is -2.27. The van der Waals surface area contributed by atoms with E-state index in [0.29, 0.717) is 19.4 Å². The molecule has 0 spiro atoms. The zero-order valence-corrected chi connectivity index (χ0v) is 13.5. The summed E-state index contributed by atoms with van der Waals surface area (Å²) in [5, 5.41) is 11.5. The number of carboxylic acids is 1. The smallest absolute Gasteiger partial charge is 0.326 e. The van der Waals surface area contributed by atoms with Gasteiger partial charge in [-0.2, -0.15) is 12.6 Å². The minimum atomic E-state index is -1.26. The summed E-state index contributed by atoms with van der Waals surface area (Å²) in [6.45, 7) is 0.386. The highest BCUT2D eigenvalue weighted by Crippen LogP contribution is 2.19. The fourth-order valence-electron chi connectivity index (χ4n) is 2.41. The number of rotatable bonds is 8. The lowest BCUT2D eigenvalue weighted by molar-refractivity contribution is -0.144. The summed E-state index contributed by atoms with van der Waals surface area (Å²) in [5.41, 5.74) is 10.6. The van der Waals surface area contributed by atoms with Crippen molar-refractivity contribution in [3.63, 3.8) is 0 Å². The van der Waals surface area contributed by atoms with Crippen molar-refractivity contribution in [3.8, 4) is 0 Å². The van der Waals surface area contributed by atoms with Crippen LogP contribution in [0.3, 0.4) is 0 Å². The molecule has 23 heavy (non-hydrogen) atoms. The van der Waals surface area contributed by atoms with Gasteiger partial charge in [0.1, 0.15) is 12.1 Å². The van der Waals surface area contributed by atoms with Crippen molar-refractivity contribution in [3.05, 3.63) is 0 Å². The van der Waals surface area contributed by atoms with Crippen LogP contribution in [0.5, 0.6) is 0 Å². The van der Waals surface area contributed by atoms with Gasteiger partial charge in [-0.3, -0.25) is 14.4 Å². The second-order valence-electron chi connectivity index (χ2n) is 5.38. The highest BCUT2D eigenvalue weighted by molar-refractivity contribution is 7.80. The molecule has 10 heteroatoms. The number of carboxylic acid groups (broad SMARTS) is 1. The van der Waals surface area contributed by atoms with Crippen LogP contribution in [0.1, 0.15) is 25.7 Å². The molecule has 0 aromatic carbocycles. The standard InChI is InChI=1S/C13H22N4O5S/c14-7(6-23)12(20)17-5-1-2-9(17)11(19)16-8(13(21)22)3-4-10(15)18/h7-9,23H,1-6,14H2,(H2,15,18)(H,16,19)(H,21,22). The summed E-state index contributed by atoms with van der Waals surface area (Å²) >= 11 is 3.96. The van der Waals surface area contributed by atoms with Crippen molar-refractivity contribution in [1.29, 1.82) is 0 Å². The van der Waals surface area contributed by atoms with Crippen molar-refractivity contribution in [2.24, 2.45) is 11.5 Å². The molecule has 3 atom stereocenters. The lowest BCUT2D eigenvalue weighted by Crippen LogP contribution is -2.54. The predicted molar refractivity (Wildman–Crippen MR) is 84.6 cm³/mol. The van der Waals surface area contributed by atoms with Crippen LogP contribution >= 0.6 is 12.6 Å². The second kappa shape index (κ2) is 8.73. The molecule has 0 saturated carbocycles. The number of nitrogens with two attached hydrogens (primary N) is 2. The number of primary amides is 1. The highest BCUT2D eigenvalue weighted by atomic mass is 32.1. The molecule has 1 aliphatic rings. The number of amides is 3. The van der Waals surface area contributed by atoms with Crippen LogP contribution in [-0.2, 0) is 19.2 Å². The molecule has 130 valence electrons. The average Bonchev–Trinajstić information content (AvgIpc) is 2.98. The van der Waals surface area contributed by atoms with Gasteiger partial charge in [0.15, 0.2) is 0 Å². The quantitative estimate of drug-likeness (QED) is 0.322. The van der Waals surface area contributed by atoms with E-state index in [1.54, 1.807) is 0 Å². The molecule has 0 bridgehead atoms. The van der Waals surface area contributed by atoms with E-state index in [9.17, 15) is 19.2 Å². The number of aliphatic carboxylic acids is 1. The van der Waals surface area contributed by atoms with E-state index < -0.39 is 35.9 Å². The molecule has 0 aromatic heterocycles. The van der Waals surface area contributed by atoms with Crippen molar-refractivity contribution >= 4 is 36.3 Å². The topological polar surface area (TPSA) is 156 Å². The van der Waals surface area contributed by atoms with Gasteiger partial charge in [-0.05, 0) is 19.3 Å². The van der Waals surface area contributed by atoms with Gasteiger partial charge in [-0.15, -0.1) is 0 Å². The Kier molecular flexibility index (Phi) is 7.30. The molecule has 0 aromatic rings. The SMILES string of the molecule is NC(=O)CCC(NC(=O)C1CCCN1C(=O)C(N)CS)C(=O)O. The molecule has 6 N–H and O–H groups in total. The first-order valence-corrected chi connectivity index (χ1v) is 7.89. The number of nitrogens with one attached hydrogen (secondary N) is 1. The molecule has 1 fully saturated rings. The van der Waals surface area contributed by atoms with E-state index in [4.69, 9.17) is 16.6 Å². The Bertz CT molecular complexity index is 487. The van der Waals surface area contributed by atoms with Crippen molar-refractivity contribution in [2.45, 2.75) is 43.8 Å². The van der Waals surface area contributed by atoms with Crippen LogP contribution in [0, 0.1) is 0 Å². The first kappa shape index (κ1) is 19.2. The van der Waals surface area contributed by atoms with Crippen LogP contribution in [0.15, 0.2) is 0 Å². The molecule has 1 heterocycles. The summed E-state index contributed by atoms with van der Waals surface area (Å²) in [7, 11) is 0. The molecule has 0 aliphatic carbocycles.